The van der Waals surface area contributed by atoms with E-state index in [0.717, 1.165) is 30.5 Å². The van der Waals surface area contributed by atoms with Crippen LogP contribution in [0, 0.1) is 23.2 Å². The monoisotopic (exact) mass is 242 g/mol. The summed E-state index contributed by atoms with van der Waals surface area (Å²) in [4.78, 5) is 0. The standard InChI is InChI=1S/C16H22N2/c1-13-5-2-3-8-16(13)12-18-11-15-7-4-6-14(9-15)10-17/h4,6-7,9,13,16,18H,2-3,5,8,11-12H2,1H3. The molecule has 0 bridgehead atoms. The molecule has 96 valence electrons. The average molecular weight is 242 g/mol. The summed E-state index contributed by atoms with van der Waals surface area (Å²) in [7, 11) is 0. The predicted octanol–water partition coefficient (Wildman–Crippen LogP) is 3.47. The van der Waals surface area contributed by atoms with Gasteiger partial charge in [0.05, 0.1) is 11.6 Å². The lowest BCUT2D eigenvalue weighted by molar-refractivity contribution is 0.247. The molecule has 1 N–H and O–H groups in total. The number of rotatable bonds is 4. The van der Waals surface area contributed by atoms with Crippen LogP contribution in [-0.2, 0) is 6.54 Å². The van der Waals surface area contributed by atoms with E-state index in [0.29, 0.717) is 0 Å². The van der Waals surface area contributed by atoms with Crippen LogP contribution in [0.1, 0.15) is 43.7 Å². The topological polar surface area (TPSA) is 35.8 Å². The molecular formula is C16H22N2. The van der Waals surface area contributed by atoms with Gasteiger partial charge in [-0.2, -0.15) is 5.26 Å². The Labute approximate surface area is 110 Å². The van der Waals surface area contributed by atoms with E-state index in [1.807, 2.05) is 18.2 Å². The Morgan fingerprint density at radius 2 is 2.17 bits per heavy atom. The SMILES string of the molecule is CC1CCCCC1CNCc1cccc(C#N)c1. The van der Waals surface area contributed by atoms with Gasteiger partial charge in [0.25, 0.3) is 0 Å². The van der Waals surface area contributed by atoms with Crippen LogP contribution in [0.5, 0.6) is 0 Å². The summed E-state index contributed by atoms with van der Waals surface area (Å²) in [5, 5.41) is 12.4. The molecule has 0 aliphatic heterocycles. The highest BCUT2D eigenvalue weighted by atomic mass is 14.9. The molecule has 2 nitrogen and oxygen atoms in total. The minimum atomic E-state index is 0.750. The Hall–Kier alpha value is -1.33. The first-order chi connectivity index (χ1) is 8.79. The first-order valence-electron chi connectivity index (χ1n) is 6.99. The summed E-state index contributed by atoms with van der Waals surface area (Å²) in [6.07, 6.45) is 5.55. The van der Waals surface area contributed by atoms with Gasteiger partial charge in [0.2, 0.25) is 0 Å². The molecule has 2 heteroatoms. The zero-order valence-electron chi connectivity index (χ0n) is 11.2. The summed E-state index contributed by atoms with van der Waals surface area (Å²) < 4.78 is 0. The fourth-order valence-electron chi connectivity index (χ4n) is 2.85. The van der Waals surface area contributed by atoms with Crippen molar-refractivity contribution < 1.29 is 0 Å². The van der Waals surface area contributed by atoms with Crippen LogP contribution < -0.4 is 5.32 Å². The van der Waals surface area contributed by atoms with Crippen LogP contribution in [-0.4, -0.2) is 6.54 Å². The molecular weight excluding hydrogens is 220 g/mol. The number of benzene rings is 1. The van der Waals surface area contributed by atoms with Crippen LogP contribution in [0.4, 0.5) is 0 Å². The van der Waals surface area contributed by atoms with Crippen LogP contribution >= 0.6 is 0 Å². The van der Waals surface area contributed by atoms with E-state index >= 15 is 0 Å². The second kappa shape index (κ2) is 6.56. The first kappa shape index (κ1) is 13.1. The van der Waals surface area contributed by atoms with Crippen molar-refractivity contribution in [2.24, 2.45) is 11.8 Å². The molecule has 0 amide bonds. The van der Waals surface area contributed by atoms with E-state index in [9.17, 15) is 0 Å². The predicted molar refractivity (Wildman–Crippen MR) is 74.0 cm³/mol. The number of nitrogens with one attached hydrogen (secondary N) is 1. The van der Waals surface area contributed by atoms with Crippen molar-refractivity contribution in [3.63, 3.8) is 0 Å². The van der Waals surface area contributed by atoms with E-state index < -0.39 is 0 Å². The second-order valence-corrected chi connectivity index (χ2v) is 5.46. The van der Waals surface area contributed by atoms with Gasteiger partial charge >= 0.3 is 0 Å². The number of nitrogens with zero attached hydrogens (tertiary/aromatic N) is 1. The fraction of sp³-hybridized carbons (Fsp3) is 0.562. The van der Waals surface area contributed by atoms with Crippen molar-refractivity contribution >= 4 is 0 Å². The Bertz CT molecular complexity index is 419. The normalized spacial score (nSPS) is 23.6. The van der Waals surface area contributed by atoms with Crippen LogP contribution in [0.25, 0.3) is 0 Å². The van der Waals surface area contributed by atoms with Gasteiger partial charge in [0.15, 0.2) is 0 Å². The van der Waals surface area contributed by atoms with Gasteiger partial charge in [0.1, 0.15) is 0 Å². The molecule has 2 rings (SSSR count). The van der Waals surface area contributed by atoms with Gasteiger partial charge in [0, 0.05) is 6.54 Å². The van der Waals surface area contributed by atoms with E-state index in [4.69, 9.17) is 5.26 Å². The summed E-state index contributed by atoms with van der Waals surface area (Å²) in [6, 6.07) is 10.0. The molecule has 2 unspecified atom stereocenters. The average Bonchev–Trinajstić information content (AvgIpc) is 2.41. The minimum Gasteiger partial charge on any atom is -0.312 e. The maximum atomic E-state index is 8.86. The summed E-state index contributed by atoms with van der Waals surface area (Å²) in [6.45, 7) is 4.36. The van der Waals surface area contributed by atoms with E-state index in [2.05, 4.69) is 24.4 Å². The van der Waals surface area contributed by atoms with Gasteiger partial charge in [-0.05, 0) is 42.5 Å². The third kappa shape index (κ3) is 3.58. The molecule has 0 heterocycles. The van der Waals surface area contributed by atoms with Gasteiger partial charge in [-0.1, -0.05) is 38.3 Å². The number of nitriles is 1. The zero-order chi connectivity index (χ0) is 12.8. The summed E-state index contributed by atoms with van der Waals surface area (Å²) in [5.74, 6) is 1.69. The molecule has 0 radical (unpaired) electrons. The van der Waals surface area contributed by atoms with Crippen molar-refractivity contribution in [2.75, 3.05) is 6.54 Å². The highest BCUT2D eigenvalue weighted by Gasteiger charge is 2.20. The maximum Gasteiger partial charge on any atom is 0.0991 e. The number of hydrogen-bond donors (Lipinski definition) is 1. The molecule has 1 fully saturated rings. The summed E-state index contributed by atoms with van der Waals surface area (Å²) >= 11 is 0. The lowest BCUT2D eigenvalue weighted by Crippen LogP contribution is -2.29. The van der Waals surface area contributed by atoms with Crippen LogP contribution in [0.2, 0.25) is 0 Å². The van der Waals surface area contributed by atoms with E-state index in [1.165, 1.54) is 31.2 Å². The minimum absolute atomic E-state index is 0.750. The third-order valence-electron chi connectivity index (χ3n) is 4.08. The van der Waals surface area contributed by atoms with Gasteiger partial charge in [-0.25, -0.2) is 0 Å². The third-order valence-corrected chi connectivity index (χ3v) is 4.08. The highest BCUT2D eigenvalue weighted by Crippen LogP contribution is 2.28. The maximum absolute atomic E-state index is 8.86. The van der Waals surface area contributed by atoms with Crippen molar-refractivity contribution in [1.82, 2.24) is 5.32 Å². The molecule has 1 aliphatic carbocycles. The molecule has 1 aromatic rings. The number of hydrogen-bond acceptors (Lipinski definition) is 2. The molecule has 1 aromatic carbocycles. The van der Waals surface area contributed by atoms with Crippen LogP contribution in [0.15, 0.2) is 24.3 Å². The van der Waals surface area contributed by atoms with E-state index in [1.54, 1.807) is 0 Å². The van der Waals surface area contributed by atoms with Crippen molar-refractivity contribution in [2.45, 2.75) is 39.2 Å². The molecule has 0 spiro atoms. The van der Waals surface area contributed by atoms with Gasteiger partial charge in [-0.3, -0.25) is 0 Å². The lowest BCUT2D eigenvalue weighted by Gasteiger charge is -2.28. The molecule has 2 atom stereocenters. The van der Waals surface area contributed by atoms with Crippen molar-refractivity contribution in [3.8, 4) is 6.07 Å². The van der Waals surface area contributed by atoms with Gasteiger partial charge < -0.3 is 5.32 Å². The van der Waals surface area contributed by atoms with Crippen molar-refractivity contribution in [3.05, 3.63) is 35.4 Å². The largest absolute Gasteiger partial charge is 0.312 e. The Morgan fingerprint density at radius 3 is 2.94 bits per heavy atom. The second-order valence-electron chi connectivity index (χ2n) is 5.46. The molecule has 1 aliphatic rings. The van der Waals surface area contributed by atoms with Crippen LogP contribution in [0.3, 0.4) is 0 Å². The Morgan fingerprint density at radius 1 is 1.33 bits per heavy atom. The Balaban J connectivity index is 1.79. The first-order valence-corrected chi connectivity index (χ1v) is 6.99. The van der Waals surface area contributed by atoms with Gasteiger partial charge in [-0.15, -0.1) is 0 Å². The van der Waals surface area contributed by atoms with Crippen molar-refractivity contribution in [1.29, 1.82) is 5.26 Å². The highest BCUT2D eigenvalue weighted by molar-refractivity contribution is 5.32. The quantitative estimate of drug-likeness (QED) is 0.877. The lowest BCUT2D eigenvalue weighted by atomic mass is 9.80. The fourth-order valence-corrected chi connectivity index (χ4v) is 2.85. The Kier molecular flexibility index (Phi) is 4.78. The smallest absolute Gasteiger partial charge is 0.0991 e. The molecule has 0 aromatic heterocycles. The summed E-state index contributed by atoms with van der Waals surface area (Å²) in [5.41, 5.74) is 1.96. The molecule has 18 heavy (non-hydrogen) atoms. The zero-order valence-corrected chi connectivity index (χ0v) is 11.2. The van der Waals surface area contributed by atoms with E-state index in [-0.39, 0.29) is 0 Å². The molecule has 0 saturated heterocycles. The molecule has 1 saturated carbocycles.